The van der Waals surface area contributed by atoms with Gasteiger partial charge in [0.15, 0.2) is 0 Å². The Morgan fingerprint density at radius 1 is 1.23 bits per heavy atom. The van der Waals surface area contributed by atoms with Gasteiger partial charge in [0.25, 0.3) is 0 Å². The highest BCUT2D eigenvalue weighted by Gasteiger charge is 2.24. The third-order valence-corrected chi connectivity index (χ3v) is 4.66. The zero-order valence-corrected chi connectivity index (χ0v) is 14.8. The molecule has 1 amide bonds. The molecule has 0 radical (unpaired) electrons. The molecule has 0 aliphatic heterocycles. The first-order valence-corrected chi connectivity index (χ1v) is 9.37. The van der Waals surface area contributed by atoms with Crippen molar-refractivity contribution >= 4 is 21.6 Å². The Morgan fingerprint density at radius 3 is 2.32 bits per heavy atom. The third-order valence-electron chi connectivity index (χ3n) is 3.53. The molecule has 0 aromatic heterocycles. The lowest BCUT2D eigenvalue weighted by molar-refractivity contribution is -0.120. The summed E-state index contributed by atoms with van der Waals surface area (Å²) in [7, 11) is -3.54. The molecule has 0 bridgehead atoms. The molecule has 1 rings (SSSR count). The van der Waals surface area contributed by atoms with Gasteiger partial charge in [-0.05, 0) is 30.9 Å². The van der Waals surface area contributed by atoms with Gasteiger partial charge in [0.2, 0.25) is 15.9 Å². The second-order valence-corrected chi connectivity index (χ2v) is 7.77. The standard InChI is InChI=1S/C16H26N2O3S/c1-6-13(4)17-16(19)11-18(22(5,20)21)15-10-8-7-9-14(15)12(2)3/h7-10,12-13H,6,11H2,1-5H3,(H,17,19). The van der Waals surface area contributed by atoms with E-state index in [0.717, 1.165) is 18.2 Å². The molecule has 5 nitrogen and oxygen atoms in total. The summed E-state index contributed by atoms with van der Waals surface area (Å²) in [6, 6.07) is 7.32. The maximum Gasteiger partial charge on any atom is 0.240 e. The number of benzene rings is 1. The normalized spacial score (nSPS) is 13.0. The van der Waals surface area contributed by atoms with Crippen molar-refractivity contribution in [2.75, 3.05) is 17.1 Å². The molecule has 1 aromatic rings. The number of hydrogen-bond donors (Lipinski definition) is 1. The molecular formula is C16H26N2O3S. The molecule has 0 aliphatic carbocycles. The van der Waals surface area contributed by atoms with Crippen LogP contribution in [0.15, 0.2) is 24.3 Å². The first kappa shape index (κ1) is 18.5. The predicted molar refractivity (Wildman–Crippen MR) is 90.6 cm³/mol. The summed E-state index contributed by atoms with van der Waals surface area (Å²) in [5, 5.41) is 2.81. The highest BCUT2D eigenvalue weighted by Crippen LogP contribution is 2.28. The number of carbonyl (C=O) groups is 1. The van der Waals surface area contributed by atoms with Crippen molar-refractivity contribution in [1.82, 2.24) is 5.32 Å². The van der Waals surface area contributed by atoms with E-state index in [1.165, 1.54) is 4.31 Å². The number of sulfonamides is 1. The van der Waals surface area contributed by atoms with Crippen molar-refractivity contribution in [3.63, 3.8) is 0 Å². The molecular weight excluding hydrogens is 300 g/mol. The minimum absolute atomic E-state index is 0.0225. The average molecular weight is 326 g/mol. The Morgan fingerprint density at radius 2 is 1.82 bits per heavy atom. The molecule has 1 unspecified atom stereocenters. The number of amides is 1. The lowest BCUT2D eigenvalue weighted by atomic mass is 10.0. The zero-order chi connectivity index (χ0) is 16.9. The minimum Gasteiger partial charge on any atom is -0.352 e. The van der Waals surface area contributed by atoms with Gasteiger partial charge >= 0.3 is 0 Å². The molecule has 0 saturated carbocycles. The van der Waals surface area contributed by atoms with Crippen LogP contribution in [0.5, 0.6) is 0 Å². The first-order chi connectivity index (χ1) is 10.2. The quantitative estimate of drug-likeness (QED) is 0.837. The zero-order valence-electron chi connectivity index (χ0n) is 14.0. The van der Waals surface area contributed by atoms with Crippen molar-refractivity contribution in [3.8, 4) is 0 Å². The Labute approximate surface area is 133 Å². The van der Waals surface area contributed by atoms with Crippen LogP contribution in [0.2, 0.25) is 0 Å². The van der Waals surface area contributed by atoms with E-state index in [4.69, 9.17) is 0 Å². The Bertz CT molecular complexity index is 612. The fourth-order valence-electron chi connectivity index (χ4n) is 2.14. The van der Waals surface area contributed by atoms with E-state index in [2.05, 4.69) is 5.32 Å². The highest BCUT2D eigenvalue weighted by molar-refractivity contribution is 7.92. The Balaban J connectivity index is 3.14. The molecule has 0 aliphatic rings. The topological polar surface area (TPSA) is 66.5 Å². The van der Waals surface area contributed by atoms with E-state index in [1.54, 1.807) is 12.1 Å². The van der Waals surface area contributed by atoms with Gasteiger partial charge in [-0.15, -0.1) is 0 Å². The van der Waals surface area contributed by atoms with E-state index in [0.29, 0.717) is 5.69 Å². The number of rotatable bonds is 7. The summed E-state index contributed by atoms with van der Waals surface area (Å²) in [4.78, 5) is 12.1. The maximum absolute atomic E-state index is 12.1. The number of nitrogens with zero attached hydrogens (tertiary/aromatic N) is 1. The molecule has 0 fully saturated rings. The van der Waals surface area contributed by atoms with Crippen LogP contribution < -0.4 is 9.62 Å². The SMILES string of the molecule is CCC(C)NC(=O)CN(c1ccccc1C(C)C)S(C)(=O)=O. The Hall–Kier alpha value is -1.56. The molecule has 0 spiro atoms. The van der Waals surface area contributed by atoms with E-state index in [9.17, 15) is 13.2 Å². The lowest BCUT2D eigenvalue weighted by Crippen LogP contribution is -2.43. The van der Waals surface area contributed by atoms with Gasteiger partial charge in [-0.3, -0.25) is 9.10 Å². The van der Waals surface area contributed by atoms with Crippen LogP contribution in [0.25, 0.3) is 0 Å². The number of nitrogens with one attached hydrogen (secondary N) is 1. The predicted octanol–water partition coefficient (Wildman–Crippen LogP) is 2.49. The minimum atomic E-state index is -3.54. The number of hydrogen-bond acceptors (Lipinski definition) is 3. The monoisotopic (exact) mass is 326 g/mol. The highest BCUT2D eigenvalue weighted by atomic mass is 32.2. The molecule has 6 heteroatoms. The van der Waals surface area contributed by atoms with E-state index < -0.39 is 10.0 Å². The molecule has 0 saturated heterocycles. The van der Waals surface area contributed by atoms with Gasteiger partial charge in [-0.2, -0.15) is 0 Å². The molecule has 124 valence electrons. The van der Waals surface area contributed by atoms with Gasteiger partial charge in [-0.25, -0.2) is 8.42 Å². The maximum atomic E-state index is 12.1. The van der Waals surface area contributed by atoms with Crippen molar-refractivity contribution < 1.29 is 13.2 Å². The van der Waals surface area contributed by atoms with Gasteiger partial charge in [0.05, 0.1) is 11.9 Å². The summed E-state index contributed by atoms with van der Waals surface area (Å²) < 4.78 is 25.5. The summed E-state index contributed by atoms with van der Waals surface area (Å²) in [6.07, 6.45) is 1.92. The van der Waals surface area contributed by atoms with Crippen LogP contribution in [0, 0.1) is 0 Å². The lowest BCUT2D eigenvalue weighted by Gasteiger charge is -2.26. The number of para-hydroxylation sites is 1. The number of carbonyl (C=O) groups excluding carboxylic acids is 1. The van der Waals surface area contributed by atoms with Crippen LogP contribution in [-0.4, -0.2) is 33.2 Å². The van der Waals surface area contributed by atoms with E-state index >= 15 is 0 Å². The van der Waals surface area contributed by atoms with Crippen molar-refractivity contribution in [1.29, 1.82) is 0 Å². The second-order valence-electron chi connectivity index (χ2n) is 5.86. The smallest absolute Gasteiger partial charge is 0.240 e. The van der Waals surface area contributed by atoms with Crippen LogP contribution in [0.4, 0.5) is 5.69 Å². The molecule has 1 N–H and O–H groups in total. The molecule has 22 heavy (non-hydrogen) atoms. The largest absolute Gasteiger partial charge is 0.352 e. The third kappa shape index (κ3) is 5.02. The van der Waals surface area contributed by atoms with Crippen LogP contribution in [0.3, 0.4) is 0 Å². The average Bonchev–Trinajstić information content (AvgIpc) is 2.43. The van der Waals surface area contributed by atoms with Crippen molar-refractivity contribution in [2.24, 2.45) is 0 Å². The summed E-state index contributed by atoms with van der Waals surface area (Å²) in [5.41, 5.74) is 1.48. The Kier molecular flexibility index (Phi) is 6.41. The van der Waals surface area contributed by atoms with Gasteiger partial charge in [0, 0.05) is 6.04 Å². The molecule has 0 heterocycles. The van der Waals surface area contributed by atoms with Crippen molar-refractivity contribution in [3.05, 3.63) is 29.8 Å². The number of anilines is 1. The summed E-state index contributed by atoms with van der Waals surface area (Å²) in [6.45, 7) is 7.65. The van der Waals surface area contributed by atoms with E-state index in [-0.39, 0.29) is 24.4 Å². The van der Waals surface area contributed by atoms with Gasteiger partial charge < -0.3 is 5.32 Å². The van der Waals surface area contributed by atoms with Crippen molar-refractivity contribution in [2.45, 2.75) is 46.1 Å². The van der Waals surface area contributed by atoms with Gasteiger partial charge in [-0.1, -0.05) is 39.0 Å². The van der Waals surface area contributed by atoms with Gasteiger partial charge in [0.1, 0.15) is 6.54 Å². The van der Waals surface area contributed by atoms with Crippen LogP contribution >= 0.6 is 0 Å². The summed E-state index contributed by atoms with van der Waals surface area (Å²) >= 11 is 0. The molecule has 1 aromatic carbocycles. The first-order valence-electron chi connectivity index (χ1n) is 7.52. The fraction of sp³-hybridized carbons (Fsp3) is 0.562. The molecule has 1 atom stereocenters. The van der Waals surface area contributed by atoms with E-state index in [1.807, 2.05) is 39.8 Å². The second kappa shape index (κ2) is 7.63. The summed E-state index contributed by atoms with van der Waals surface area (Å²) in [5.74, 6) is -0.128. The van der Waals surface area contributed by atoms with Crippen LogP contribution in [-0.2, 0) is 14.8 Å². The van der Waals surface area contributed by atoms with Crippen LogP contribution in [0.1, 0.15) is 45.6 Å². The fourth-order valence-corrected chi connectivity index (χ4v) is 3.01.